The van der Waals surface area contributed by atoms with Crippen molar-refractivity contribution in [2.24, 2.45) is 9.98 Å². The number of aromatic nitrogens is 1. The van der Waals surface area contributed by atoms with Gasteiger partial charge in [0.25, 0.3) is 0 Å². The fourth-order valence-corrected chi connectivity index (χ4v) is 13.5. The summed E-state index contributed by atoms with van der Waals surface area (Å²) in [5.74, 6) is 0.881. The van der Waals surface area contributed by atoms with Gasteiger partial charge in [0, 0.05) is 71.9 Å². The molecule has 1 fully saturated rings. The van der Waals surface area contributed by atoms with Gasteiger partial charge in [0.15, 0.2) is 5.84 Å². The van der Waals surface area contributed by atoms with Crippen LogP contribution in [0.15, 0.2) is 249 Å². The predicted octanol–water partition coefficient (Wildman–Crippen LogP) is 18.0. The number of allylic oxidation sites excluding steroid dienone is 1. The van der Waals surface area contributed by atoms with Crippen molar-refractivity contribution in [2.75, 3.05) is 0 Å². The Morgan fingerprint density at radius 1 is 0.453 bits per heavy atom. The maximum absolute atomic E-state index is 7.13. The normalized spacial score (nSPS) is 17.1. The van der Waals surface area contributed by atoms with Gasteiger partial charge in [0.1, 0.15) is 22.3 Å². The van der Waals surface area contributed by atoms with Crippen molar-refractivity contribution in [2.45, 2.75) is 24.2 Å². The van der Waals surface area contributed by atoms with Crippen LogP contribution in [-0.2, 0) is 5.41 Å². The third kappa shape index (κ3) is 5.72. The van der Waals surface area contributed by atoms with E-state index in [2.05, 4.69) is 229 Å². The molecule has 1 saturated carbocycles. The molecule has 0 bridgehead atoms. The number of amidine groups is 1. The fourth-order valence-electron chi connectivity index (χ4n) is 13.5. The average Bonchev–Trinajstić information content (AvgIpc) is 4.11. The van der Waals surface area contributed by atoms with Crippen molar-refractivity contribution in [3.8, 4) is 16.8 Å². The van der Waals surface area contributed by atoms with Gasteiger partial charge in [0.05, 0.1) is 22.4 Å². The van der Waals surface area contributed by atoms with Crippen LogP contribution < -0.4 is 0 Å². The number of hydrogen-bond acceptors (Lipinski definition) is 4. The number of furan rings is 2. The standard InChI is InChI=1S/C70H43N3O2/c1-2-19-44(20-3-1)73-61-30-12-9-23-47(61)49-25-14-27-51(66(49)73)59-35-36-60(52-28-15-26-50-48-24-10-13-31-62(48)74-68(50)52)72-69(71-59)65-57(34-37-63-64(65)53-33-32-41-16-6-7-21-45(41)67(53)75-63)70-40-58(70)55-39-43-18-5-4-17-42(43)38-54(55)46-22-8-11-29-56(46)70/h1-35,37-39,58H,36,40H2. The van der Waals surface area contributed by atoms with Gasteiger partial charge in [-0.25, -0.2) is 9.98 Å². The molecule has 2 atom stereocenters. The second-order valence-corrected chi connectivity index (χ2v) is 20.6. The number of aliphatic imine (C=N–C) groups is 2. The van der Waals surface area contributed by atoms with E-state index in [-0.39, 0.29) is 11.3 Å². The Morgan fingerprint density at radius 2 is 1.15 bits per heavy atom. The lowest BCUT2D eigenvalue weighted by Gasteiger charge is -2.30. The van der Waals surface area contributed by atoms with Gasteiger partial charge < -0.3 is 13.4 Å². The SMILES string of the molecule is C1=C(c2cccc3c4ccccc4n(-c4ccccc4)c23)N=C(c2c(C34CC3c3cc5ccccc5cc3-c3ccccc34)ccc3oc4c5ccccc5ccc4c23)N=C(c2cccc3c2oc2ccccc23)C1. The van der Waals surface area contributed by atoms with Crippen LogP contribution in [0.25, 0.3) is 110 Å². The minimum atomic E-state index is -0.372. The van der Waals surface area contributed by atoms with E-state index in [1.807, 2.05) is 6.07 Å². The van der Waals surface area contributed by atoms with Crippen molar-refractivity contribution in [1.82, 2.24) is 4.57 Å². The first-order valence-electron chi connectivity index (χ1n) is 26.0. The van der Waals surface area contributed by atoms with Gasteiger partial charge in [-0.05, 0) is 105 Å². The number of nitrogens with zero attached hydrogens (tertiary/aromatic N) is 3. The van der Waals surface area contributed by atoms with Crippen molar-refractivity contribution >= 4 is 104 Å². The van der Waals surface area contributed by atoms with Gasteiger partial charge in [-0.2, -0.15) is 0 Å². The molecule has 2 aliphatic carbocycles. The van der Waals surface area contributed by atoms with E-state index >= 15 is 0 Å². The zero-order chi connectivity index (χ0) is 48.9. The van der Waals surface area contributed by atoms with Crippen LogP contribution in [-0.4, -0.2) is 16.1 Å². The molecule has 0 amide bonds. The molecule has 1 aliphatic heterocycles. The number of hydrogen-bond donors (Lipinski definition) is 0. The molecule has 11 aromatic carbocycles. The van der Waals surface area contributed by atoms with Crippen molar-refractivity contribution in [3.63, 3.8) is 0 Å². The van der Waals surface area contributed by atoms with Gasteiger partial charge in [-0.3, -0.25) is 0 Å². The molecule has 5 nitrogen and oxygen atoms in total. The molecular weight excluding hydrogens is 915 g/mol. The zero-order valence-corrected chi connectivity index (χ0v) is 40.6. The van der Waals surface area contributed by atoms with Crippen LogP contribution in [0.2, 0.25) is 0 Å². The molecule has 17 rings (SSSR count). The molecule has 75 heavy (non-hydrogen) atoms. The molecular formula is C70H43N3O2. The minimum absolute atomic E-state index is 0.228. The van der Waals surface area contributed by atoms with E-state index < -0.39 is 0 Å². The van der Waals surface area contributed by atoms with Crippen LogP contribution in [0.3, 0.4) is 0 Å². The highest BCUT2D eigenvalue weighted by Gasteiger charge is 2.62. The number of rotatable bonds is 5. The Morgan fingerprint density at radius 3 is 2.04 bits per heavy atom. The summed E-state index contributed by atoms with van der Waals surface area (Å²) < 4.78 is 16.4. The first-order chi connectivity index (χ1) is 37.2. The summed E-state index contributed by atoms with van der Waals surface area (Å²) in [6.07, 6.45) is 3.76. The van der Waals surface area contributed by atoms with Crippen LogP contribution in [0, 0.1) is 0 Å². The third-order valence-electron chi connectivity index (χ3n) is 16.8. The molecule has 0 spiro atoms. The fraction of sp³-hybridized carbons (Fsp3) is 0.0571. The van der Waals surface area contributed by atoms with E-state index in [1.54, 1.807) is 0 Å². The van der Waals surface area contributed by atoms with E-state index in [0.29, 0.717) is 12.3 Å². The molecule has 0 radical (unpaired) electrons. The summed E-state index contributed by atoms with van der Waals surface area (Å²) >= 11 is 0. The van der Waals surface area contributed by atoms with Crippen LogP contribution in [0.4, 0.5) is 0 Å². The first-order valence-corrected chi connectivity index (χ1v) is 26.0. The molecule has 5 heteroatoms. The highest BCUT2D eigenvalue weighted by atomic mass is 16.3. The van der Waals surface area contributed by atoms with Crippen LogP contribution >= 0.6 is 0 Å². The summed E-state index contributed by atoms with van der Waals surface area (Å²) in [6.45, 7) is 0. The van der Waals surface area contributed by atoms with Crippen LogP contribution in [0.1, 0.15) is 52.1 Å². The Kier molecular flexibility index (Phi) is 8.32. The van der Waals surface area contributed by atoms with Crippen molar-refractivity contribution in [3.05, 3.63) is 264 Å². The molecule has 3 aromatic heterocycles. The van der Waals surface area contributed by atoms with E-state index in [9.17, 15) is 0 Å². The van der Waals surface area contributed by atoms with Gasteiger partial charge in [0.2, 0.25) is 0 Å². The van der Waals surface area contributed by atoms with Gasteiger partial charge >= 0.3 is 0 Å². The van der Waals surface area contributed by atoms with E-state index in [4.69, 9.17) is 18.8 Å². The molecule has 4 heterocycles. The first kappa shape index (κ1) is 41.0. The second-order valence-electron chi connectivity index (χ2n) is 20.6. The average molecular weight is 958 g/mol. The molecule has 3 aliphatic rings. The largest absolute Gasteiger partial charge is 0.455 e. The summed E-state index contributed by atoms with van der Waals surface area (Å²) in [5.41, 5.74) is 17.6. The molecule has 0 saturated heterocycles. The highest BCUT2D eigenvalue weighted by molar-refractivity contribution is 6.28. The lowest BCUT2D eigenvalue weighted by molar-refractivity contribution is 0.668. The Labute approximate surface area is 430 Å². The van der Waals surface area contributed by atoms with E-state index in [0.717, 1.165) is 106 Å². The molecule has 14 aromatic rings. The van der Waals surface area contributed by atoms with Crippen molar-refractivity contribution in [1.29, 1.82) is 0 Å². The summed E-state index contributed by atoms with van der Waals surface area (Å²) in [6, 6.07) is 81.3. The Balaban J connectivity index is 0.997. The predicted molar refractivity (Wildman–Crippen MR) is 309 cm³/mol. The summed E-state index contributed by atoms with van der Waals surface area (Å²) in [4.78, 5) is 12.0. The topological polar surface area (TPSA) is 55.9 Å². The monoisotopic (exact) mass is 957 g/mol. The third-order valence-corrected chi connectivity index (χ3v) is 16.8. The molecule has 0 N–H and O–H groups in total. The summed E-state index contributed by atoms with van der Waals surface area (Å²) in [7, 11) is 0. The van der Waals surface area contributed by atoms with Gasteiger partial charge in [-0.1, -0.05) is 182 Å². The number of para-hydroxylation sites is 5. The second kappa shape index (κ2) is 15.2. The van der Waals surface area contributed by atoms with Crippen LogP contribution in [0.5, 0.6) is 0 Å². The Hall–Kier alpha value is -9.58. The maximum atomic E-state index is 7.13. The zero-order valence-electron chi connectivity index (χ0n) is 40.6. The lowest BCUT2D eigenvalue weighted by atomic mass is 9.72. The molecule has 350 valence electrons. The van der Waals surface area contributed by atoms with Crippen molar-refractivity contribution < 1.29 is 8.83 Å². The quantitative estimate of drug-likeness (QED) is 0.173. The van der Waals surface area contributed by atoms with E-state index in [1.165, 1.54) is 49.4 Å². The lowest BCUT2D eigenvalue weighted by Crippen LogP contribution is -2.21. The minimum Gasteiger partial charge on any atom is -0.455 e. The molecule has 2 unspecified atom stereocenters. The summed E-state index contributed by atoms with van der Waals surface area (Å²) in [5, 5.41) is 11.3. The number of fused-ring (bicyclic) bond motifs is 18. The highest BCUT2D eigenvalue weighted by Crippen LogP contribution is 2.71. The maximum Gasteiger partial charge on any atom is 0.161 e. The smallest absolute Gasteiger partial charge is 0.161 e. The van der Waals surface area contributed by atoms with Gasteiger partial charge in [-0.15, -0.1) is 0 Å². The number of benzene rings is 11. The Bertz CT molecular complexity index is 4910.